The highest BCUT2D eigenvalue weighted by atomic mass is 35.5. The van der Waals surface area contributed by atoms with Crippen LogP contribution < -0.4 is 0 Å². The minimum atomic E-state index is -0.350. The molecule has 0 spiro atoms. The van der Waals surface area contributed by atoms with Crippen molar-refractivity contribution < 1.29 is 9.13 Å². The highest BCUT2D eigenvalue weighted by molar-refractivity contribution is 6.30. The first-order valence-corrected chi connectivity index (χ1v) is 6.06. The zero-order valence-electron chi connectivity index (χ0n) is 9.54. The Balaban J connectivity index is 2.14. The minimum Gasteiger partial charge on any atom is -0.375 e. The second-order valence-corrected chi connectivity index (χ2v) is 4.93. The molecule has 1 heterocycles. The Morgan fingerprint density at radius 1 is 1.44 bits per heavy atom. The van der Waals surface area contributed by atoms with Gasteiger partial charge in [-0.3, -0.25) is 0 Å². The summed E-state index contributed by atoms with van der Waals surface area (Å²) < 4.78 is 19.1. The van der Waals surface area contributed by atoms with Crippen molar-refractivity contribution in [2.75, 3.05) is 0 Å². The summed E-state index contributed by atoms with van der Waals surface area (Å²) in [5, 5.41) is 0.177. The van der Waals surface area contributed by atoms with Crippen LogP contribution in [0.1, 0.15) is 38.2 Å². The highest BCUT2D eigenvalue weighted by Crippen LogP contribution is 2.32. The van der Waals surface area contributed by atoms with Crippen molar-refractivity contribution in [1.29, 1.82) is 0 Å². The van der Waals surface area contributed by atoms with E-state index >= 15 is 0 Å². The monoisotopic (exact) mass is 242 g/mol. The van der Waals surface area contributed by atoms with E-state index in [1.54, 1.807) is 6.07 Å². The van der Waals surface area contributed by atoms with Crippen LogP contribution in [0, 0.1) is 5.82 Å². The Morgan fingerprint density at radius 3 is 2.75 bits per heavy atom. The van der Waals surface area contributed by atoms with Gasteiger partial charge in [-0.2, -0.15) is 0 Å². The van der Waals surface area contributed by atoms with Crippen LogP contribution in [0.5, 0.6) is 0 Å². The Bertz CT molecular complexity index is 380. The molecule has 1 aromatic carbocycles. The van der Waals surface area contributed by atoms with Gasteiger partial charge in [0.1, 0.15) is 5.82 Å². The molecule has 0 saturated carbocycles. The average molecular weight is 243 g/mol. The summed E-state index contributed by atoms with van der Waals surface area (Å²) >= 11 is 5.66. The van der Waals surface area contributed by atoms with E-state index in [-0.39, 0.29) is 22.9 Å². The van der Waals surface area contributed by atoms with Crippen molar-refractivity contribution in [2.45, 2.75) is 44.8 Å². The summed E-state index contributed by atoms with van der Waals surface area (Å²) in [6, 6.07) is 5.00. The number of hydrogen-bond acceptors (Lipinski definition) is 1. The molecule has 2 rings (SSSR count). The maximum atomic E-state index is 13.3. The van der Waals surface area contributed by atoms with Crippen LogP contribution in [0.2, 0.25) is 5.02 Å². The highest BCUT2D eigenvalue weighted by Gasteiger charge is 2.27. The number of halogens is 2. The van der Waals surface area contributed by atoms with Gasteiger partial charge in [-0.1, -0.05) is 24.6 Å². The second-order valence-electron chi connectivity index (χ2n) is 4.52. The van der Waals surface area contributed by atoms with Crippen molar-refractivity contribution in [3.05, 3.63) is 34.6 Å². The van der Waals surface area contributed by atoms with Crippen LogP contribution in [0.4, 0.5) is 4.39 Å². The summed E-state index contributed by atoms with van der Waals surface area (Å²) in [5.74, 6) is -0.131. The summed E-state index contributed by atoms with van der Waals surface area (Å²) in [5.41, 5.74) is 0.959. The number of benzene rings is 1. The first-order chi connectivity index (χ1) is 7.58. The number of ether oxygens (including phenoxy) is 1. The van der Waals surface area contributed by atoms with Gasteiger partial charge in [0, 0.05) is 5.92 Å². The van der Waals surface area contributed by atoms with Gasteiger partial charge in [-0.25, -0.2) is 4.39 Å². The normalized spacial score (nSPS) is 27.0. The smallest absolute Gasteiger partial charge is 0.142 e. The first-order valence-electron chi connectivity index (χ1n) is 5.68. The summed E-state index contributed by atoms with van der Waals surface area (Å²) in [6.45, 7) is 4.15. The maximum absolute atomic E-state index is 13.3. The lowest BCUT2D eigenvalue weighted by atomic mass is 9.93. The van der Waals surface area contributed by atoms with Crippen molar-refractivity contribution in [3.8, 4) is 0 Å². The van der Waals surface area contributed by atoms with Crippen LogP contribution in [-0.4, -0.2) is 12.2 Å². The van der Waals surface area contributed by atoms with Crippen molar-refractivity contribution in [1.82, 2.24) is 0 Å². The lowest BCUT2D eigenvalue weighted by molar-refractivity contribution is 0.0424. The molecule has 1 nitrogen and oxygen atoms in total. The van der Waals surface area contributed by atoms with Gasteiger partial charge in [0.15, 0.2) is 0 Å². The molecule has 1 aromatic rings. The SMILES string of the molecule is CC1CCC(C(C)c2ccc(Cl)c(F)c2)O1. The molecule has 0 amide bonds. The van der Waals surface area contributed by atoms with Crippen LogP contribution >= 0.6 is 11.6 Å². The van der Waals surface area contributed by atoms with E-state index in [9.17, 15) is 4.39 Å². The molecule has 16 heavy (non-hydrogen) atoms. The van der Waals surface area contributed by atoms with E-state index in [4.69, 9.17) is 16.3 Å². The Kier molecular flexibility index (Phi) is 3.50. The molecule has 0 radical (unpaired) electrons. The van der Waals surface area contributed by atoms with Crippen molar-refractivity contribution >= 4 is 11.6 Å². The van der Waals surface area contributed by atoms with Crippen molar-refractivity contribution in [2.24, 2.45) is 0 Å². The van der Waals surface area contributed by atoms with E-state index in [0.29, 0.717) is 6.10 Å². The lowest BCUT2D eigenvalue weighted by Crippen LogP contribution is -2.16. The molecule has 0 N–H and O–H groups in total. The third-order valence-corrected chi connectivity index (χ3v) is 3.60. The van der Waals surface area contributed by atoms with E-state index in [1.807, 2.05) is 6.07 Å². The molecule has 0 bridgehead atoms. The van der Waals surface area contributed by atoms with E-state index in [1.165, 1.54) is 6.07 Å². The topological polar surface area (TPSA) is 9.23 Å². The lowest BCUT2D eigenvalue weighted by Gasteiger charge is -2.20. The van der Waals surface area contributed by atoms with Crippen LogP contribution in [0.15, 0.2) is 18.2 Å². The van der Waals surface area contributed by atoms with Crippen LogP contribution in [-0.2, 0) is 4.74 Å². The van der Waals surface area contributed by atoms with Gasteiger partial charge in [0.05, 0.1) is 17.2 Å². The molecule has 0 aromatic heterocycles. The molecule has 1 aliphatic rings. The average Bonchev–Trinajstić information content (AvgIpc) is 2.68. The third-order valence-electron chi connectivity index (χ3n) is 3.29. The predicted molar refractivity (Wildman–Crippen MR) is 63.4 cm³/mol. The first kappa shape index (κ1) is 11.9. The molecule has 1 aliphatic heterocycles. The Hall–Kier alpha value is -0.600. The minimum absolute atomic E-state index is 0.177. The molecular weight excluding hydrogens is 227 g/mol. The molecule has 3 heteroatoms. The molecule has 1 saturated heterocycles. The maximum Gasteiger partial charge on any atom is 0.142 e. The quantitative estimate of drug-likeness (QED) is 0.757. The van der Waals surface area contributed by atoms with E-state index in [0.717, 1.165) is 18.4 Å². The zero-order valence-corrected chi connectivity index (χ0v) is 10.3. The zero-order chi connectivity index (χ0) is 11.7. The van der Waals surface area contributed by atoms with Gasteiger partial charge in [-0.15, -0.1) is 0 Å². The van der Waals surface area contributed by atoms with Gasteiger partial charge in [0.25, 0.3) is 0 Å². The Morgan fingerprint density at radius 2 is 2.19 bits per heavy atom. The number of hydrogen-bond donors (Lipinski definition) is 0. The molecule has 88 valence electrons. The molecule has 3 atom stereocenters. The fourth-order valence-corrected chi connectivity index (χ4v) is 2.33. The fourth-order valence-electron chi connectivity index (χ4n) is 2.21. The predicted octanol–water partition coefficient (Wildman–Crippen LogP) is 4.15. The summed E-state index contributed by atoms with van der Waals surface area (Å²) in [4.78, 5) is 0. The fraction of sp³-hybridized carbons (Fsp3) is 0.538. The van der Waals surface area contributed by atoms with E-state index in [2.05, 4.69) is 13.8 Å². The van der Waals surface area contributed by atoms with Gasteiger partial charge < -0.3 is 4.74 Å². The van der Waals surface area contributed by atoms with Gasteiger partial charge in [-0.05, 0) is 37.5 Å². The third kappa shape index (κ3) is 2.38. The van der Waals surface area contributed by atoms with Crippen LogP contribution in [0.3, 0.4) is 0 Å². The Labute approximate surface area is 101 Å². The van der Waals surface area contributed by atoms with Crippen molar-refractivity contribution in [3.63, 3.8) is 0 Å². The summed E-state index contributed by atoms with van der Waals surface area (Å²) in [7, 11) is 0. The molecule has 1 fully saturated rings. The number of rotatable bonds is 2. The van der Waals surface area contributed by atoms with Crippen LogP contribution in [0.25, 0.3) is 0 Å². The van der Waals surface area contributed by atoms with Gasteiger partial charge >= 0.3 is 0 Å². The summed E-state index contributed by atoms with van der Waals surface area (Å²) in [6.07, 6.45) is 2.66. The molecule has 3 unspecified atom stereocenters. The second kappa shape index (κ2) is 4.72. The molecule has 0 aliphatic carbocycles. The van der Waals surface area contributed by atoms with Gasteiger partial charge in [0.2, 0.25) is 0 Å². The standard InChI is InChI=1S/C13H16ClFO/c1-8-3-6-13(16-8)9(2)10-4-5-11(14)12(15)7-10/h4-5,7-9,13H,3,6H2,1-2H3. The van der Waals surface area contributed by atoms with E-state index < -0.39 is 0 Å². The molecular formula is C13H16ClFO. The largest absolute Gasteiger partial charge is 0.375 e.